The number of halogens is 2. The summed E-state index contributed by atoms with van der Waals surface area (Å²) in [7, 11) is -3.71. The minimum atomic E-state index is -3.71. The Hall–Kier alpha value is -0.630. The number of sulfonamides is 1. The van der Waals surface area contributed by atoms with Crippen LogP contribution in [0.1, 0.15) is 11.1 Å². The van der Waals surface area contributed by atoms with Crippen molar-refractivity contribution in [2.24, 2.45) is 5.73 Å². The Bertz CT molecular complexity index is 700. The van der Waals surface area contributed by atoms with Crippen LogP contribution in [-0.4, -0.2) is 8.42 Å². The van der Waals surface area contributed by atoms with Crippen LogP contribution in [0.3, 0.4) is 0 Å². The molecule has 0 saturated carbocycles. The van der Waals surface area contributed by atoms with Gasteiger partial charge in [-0.05, 0) is 34.5 Å². The largest absolute Gasteiger partial charge is 0.326 e. The molecule has 0 saturated heterocycles. The molecule has 20 heavy (non-hydrogen) atoms. The van der Waals surface area contributed by atoms with Gasteiger partial charge in [0.15, 0.2) is 0 Å². The van der Waals surface area contributed by atoms with Crippen LogP contribution in [0, 0.1) is 0 Å². The Morgan fingerprint density at radius 1 is 1.25 bits per heavy atom. The summed E-state index contributed by atoms with van der Waals surface area (Å²) in [6.45, 7) is 0.286. The fourth-order valence-corrected chi connectivity index (χ4v) is 4.24. The van der Waals surface area contributed by atoms with Gasteiger partial charge in [-0.2, -0.15) is 11.3 Å². The molecule has 0 aliphatic rings. The summed E-state index contributed by atoms with van der Waals surface area (Å²) in [6, 6.07) is 4.70. The summed E-state index contributed by atoms with van der Waals surface area (Å²) in [6.07, 6.45) is 0. The predicted octanol–water partition coefficient (Wildman–Crippen LogP) is 2.99. The van der Waals surface area contributed by atoms with Gasteiger partial charge in [0, 0.05) is 23.7 Å². The highest BCUT2D eigenvalue weighted by Crippen LogP contribution is 2.30. The summed E-state index contributed by atoms with van der Waals surface area (Å²) in [5, 5.41) is 4.18. The zero-order valence-corrected chi connectivity index (χ0v) is 13.4. The summed E-state index contributed by atoms with van der Waals surface area (Å²) < 4.78 is 27.0. The maximum absolute atomic E-state index is 12.3. The second kappa shape index (κ2) is 6.43. The van der Waals surface area contributed by atoms with Gasteiger partial charge in [-0.3, -0.25) is 0 Å². The zero-order valence-electron chi connectivity index (χ0n) is 10.3. The fraction of sp³-hybridized carbons (Fsp3) is 0.167. The number of rotatable bonds is 5. The minimum absolute atomic E-state index is 0.0146. The fourth-order valence-electron chi connectivity index (χ4n) is 1.62. The SMILES string of the molecule is NCc1c(Cl)ccc(S(=O)(=O)NCc2ccsc2)c1Cl. The van der Waals surface area contributed by atoms with Gasteiger partial charge in [-0.15, -0.1) is 0 Å². The first-order valence-electron chi connectivity index (χ1n) is 5.63. The van der Waals surface area contributed by atoms with Crippen molar-refractivity contribution in [3.05, 3.63) is 50.1 Å². The van der Waals surface area contributed by atoms with Crippen LogP contribution in [0.5, 0.6) is 0 Å². The summed E-state index contributed by atoms with van der Waals surface area (Å²) in [4.78, 5) is -0.0146. The molecule has 0 amide bonds. The number of thiophene rings is 1. The molecule has 1 aromatic heterocycles. The molecule has 0 unspecified atom stereocenters. The molecule has 8 heteroatoms. The second-order valence-corrected chi connectivity index (χ2v) is 7.30. The molecule has 0 spiro atoms. The van der Waals surface area contributed by atoms with Gasteiger partial charge in [0.25, 0.3) is 0 Å². The third-order valence-corrected chi connectivity index (χ3v) is 5.76. The van der Waals surface area contributed by atoms with Crippen LogP contribution in [0.4, 0.5) is 0 Å². The van der Waals surface area contributed by atoms with Crippen molar-refractivity contribution in [2.45, 2.75) is 18.0 Å². The summed E-state index contributed by atoms with van der Waals surface area (Å²) >= 11 is 13.5. The number of nitrogens with one attached hydrogen (secondary N) is 1. The lowest BCUT2D eigenvalue weighted by atomic mass is 10.2. The topological polar surface area (TPSA) is 72.2 Å². The maximum atomic E-state index is 12.3. The van der Waals surface area contributed by atoms with Crippen molar-refractivity contribution in [1.29, 1.82) is 0 Å². The van der Waals surface area contributed by atoms with Crippen molar-refractivity contribution in [1.82, 2.24) is 4.72 Å². The van der Waals surface area contributed by atoms with Gasteiger partial charge in [0.2, 0.25) is 10.0 Å². The van der Waals surface area contributed by atoms with E-state index in [-0.39, 0.29) is 23.0 Å². The molecule has 4 nitrogen and oxygen atoms in total. The molecule has 0 bridgehead atoms. The molecule has 0 atom stereocenters. The van der Waals surface area contributed by atoms with Gasteiger partial charge in [0.05, 0.1) is 5.02 Å². The van der Waals surface area contributed by atoms with Crippen LogP contribution < -0.4 is 10.5 Å². The molecule has 2 rings (SSSR count). The monoisotopic (exact) mass is 350 g/mol. The lowest BCUT2D eigenvalue weighted by Crippen LogP contribution is -2.23. The molecular formula is C12H12Cl2N2O2S2. The molecule has 1 aromatic carbocycles. The standard InChI is InChI=1S/C12H12Cl2N2O2S2/c13-10-1-2-11(12(14)9(10)5-15)20(17,18)16-6-8-3-4-19-7-8/h1-4,7,16H,5-6,15H2. The van der Waals surface area contributed by atoms with Gasteiger partial charge >= 0.3 is 0 Å². The Labute approximate surface area is 131 Å². The van der Waals surface area contributed by atoms with E-state index in [1.807, 2.05) is 16.8 Å². The average Bonchev–Trinajstić information content (AvgIpc) is 2.90. The van der Waals surface area contributed by atoms with E-state index in [9.17, 15) is 8.42 Å². The molecule has 0 radical (unpaired) electrons. The third kappa shape index (κ3) is 3.33. The first-order valence-corrected chi connectivity index (χ1v) is 8.81. The molecular weight excluding hydrogens is 339 g/mol. The summed E-state index contributed by atoms with van der Waals surface area (Å²) in [5.74, 6) is 0. The highest BCUT2D eigenvalue weighted by atomic mass is 35.5. The van der Waals surface area contributed by atoms with Crippen LogP contribution in [0.25, 0.3) is 0 Å². The van der Waals surface area contributed by atoms with E-state index in [4.69, 9.17) is 28.9 Å². The molecule has 2 aromatic rings. The van der Waals surface area contributed by atoms with Crippen molar-refractivity contribution < 1.29 is 8.42 Å². The van der Waals surface area contributed by atoms with E-state index in [1.165, 1.54) is 23.5 Å². The average molecular weight is 351 g/mol. The first-order chi connectivity index (χ1) is 9.45. The van der Waals surface area contributed by atoms with Gasteiger partial charge in [0.1, 0.15) is 4.90 Å². The van der Waals surface area contributed by atoms with Crippen LogP contribution in [0.2, 0.25) is 10.0 Å². The van der Waals surface area contributed by atoms with Gasteiger partial charge < -0.3 is 5.73 Å². The predicted molar refractivity (Wildman–Crippen MR) is 82.7 cm³/mol. The molecule has 108 valence electrons. The van der Waals surface area contributed by atoms with Crippen LogP contribution >= 0.6 is 34.5 Å². The Morgan fingerprint density at radius 2 is 2.00 bits per heavy atom. The van der Waals surface area contributed by atoms with E-state index >= 15 is 0 Å². The molecule has 1 heterocycles. The number of hydrogen-bond acceptors (Lipinski definition) is 4. The normalized spacial score (nSPS) is 11.8. The van der Waals surface area contributed by atoms with Crippen LogP contribution in [-0.2, 0) is 23.1 Å². The first kappa shape index (κ1) is 15.8. The number of benzene rings is 1. The quantitative estimate of drug-likeness (QED) is 0.870. The lowest BCUT2D eigenvalue weighted by Gasteiger charge is -2.11. The molecule has 0 fully saturated rings. The van der Waals surface area contributed by atoms with Gasteiger partial charge in [-0.25, -0.2) is 13.1 Å². The van der Waals surface area contributed by atoms with Crippen LogP contribution in [0.15, 0.2) is 33.9 Å². The van der Waals surface area contributed by atoms with Crippen molar-refractivity contribution in [3.63, 3.8) is 0 Å². The highest BCUT2D eigenvalue weighted by Gasteiger charge is 2.21. The van der Waals surface area contributed by atoms with E-state index in [0.717, 1.165) is 5.56 Å². The van der Waals surface area contributed by atoms with E-state index in [1.54, 1.807) is 0 Å². The van der Waals surface area contributed by atoms with Crippen molar-refractivity contribution in [2.75, 3.05) is 0 Å². The number of hydrogen-bond donors (Lipinski definition) is 2. The Balaban J connectivity index is 2.30. The molecule has 0 aliphatic carbocycles. The van der Waals surface area contributed by atoms with E-state index in [2.05, 4.69) is 4.72 Å². The smallest absolute Gasteiger partial charge is 0.242 e. The second-order valence-electron chi connectivity index (χ2n) is 4.00. The maximum Gasteiger partial charge on any atom is 0.242 e. The molecule has 0 aliphatic heterocycles. The molecule has 3 N–H and O–H groups in total. The highest BCUT2D eigenvalue weighted by molar-refractivity contribution is 7.89. The Kier molecular flexibility index (Phi) is 5.06. The lowest BCUT2D eigenvalue weighted by molar-refractivity contribution is 0.581. The van der Waals surface area contributed by atoms with Crippen molar-refractivity contribution in [3.8, 4) is 0 Å². The zero-order chi connectivity index (χ0) is 14.8. The van der Waals surface area contributed by atoms with E-state index in [0.29, 0.717) is 10.6 Å². The minimum Gasteiger partial charge on any atom is -0.326 e. The van der Waals surface area contributed by atoms with Gasteiger partial charge in [-0.1, -0.05) is 23.2 Å². The van der Waals surface area contributed by atoms with E-state index < -0.39 is 10.0 Å². The third-order valence-electron chi connectivity index (χ3n) is 2.69. The number of nitrogens with two attached hydrogens (primary N) is 1. The Morgan fingerprint density at radius 3 is 2.60 bits per heavy atom. The summed E-state index contributed by atoms with van der Waals surface area (Å²) in [5.41, 5.74) is 6.85. The van der Waals surface area contributed by atoms with Crippen molar-refractivity contribution >= 4 is 44.6 Å².